The van der Waals surface area contributed by atoms with E-state index >= 15 is 0 Å². The average Bonchev–Trinajstić information content (AvgIpc) is 3.29. The molecular weight excluding hydrogens is 777 g/mol. The van der Waals surface area contributed by atoms with Crippen molar-refractivity contribution in [2.75, 3.05) is 13.2 Å². The summed E-state index contributed by atoms with van der Waals surface area (Å²) in [4.78, 5) is 27.0. The number of rotatable bonds is 33. The highest BCUT2D eigenvalue weighted by Crippen LogP contribution is 2.42. The molecule has 0 heterocycles. The maximum atomic E-state index is 13.5. The summed E-state index contributed by atoms with van der Waals surface area (Å²) in [5.74, 6) is 2.35. The van der Waals surface area contributed by atoms with Crippen LogP contribution in [0.1, 0.15) is 206 Å². The molecule has 2 aliphatic rings. The smallest absolute Gasteiger partial charge is 0.339 e. The second-order valence-electron chi connectivity index (χ2n) is 19.1. The number of carboxylic acid groups (broad SMARTS) is 2. The van der Waals surface area contributed by atoms with E-state index in [1.807, 2.05) is 62.4 Å². The third kappa shape index (κ3) is 16.5. The van der Waals surface area contributed by atoms with Gasteiger partial charge < -0.3 is 29.2 Å². The Morgan fingerprint density at radius 3 is 1.06 bits per heavy atom. The van der Waals surface area contributed by atoms with E-state index in [0.29, 0.717) is 38.9 Å². The van der Waals surface area contributed by atoms with Gasteiger partial charge in [-0.25, -0.2) is 9.59 Å². The van der Waals surface area contributed by atoms with E-state index in [9.17, 15) is 19.8 Å². The first-order valence-electron chi connectivity index (χ1n) is 25.4. The Balaban J connectivity index is 1.31. The van der Waals surface area contributed by atoms with Gasteiger partial charge in [0, 0.05) is 0 Å². The molecule has 0 aromatic heterocycles. The van der Waals surface area contributed by atoms with Crippen molar-refractivity contribution in [1.82, 2.24) is 0 Å². The van der Waals surface area contributed by atoms with Gasteiger partial charge in [0.1, 0.15) is 11.5 Å². The molecule has 0 amide bonds. The maximum Gasteiger partial charge on any atom is 0.339 e. The van der Waals surface area contributed by atoms with Crippen LogP contribution in [0.25, 0.3) is 0 Å². The predicted octanol–water partition coefficient (Wildman–Crippen LogP) is 14.5. The number of carboxylic acids is 2. The highest BCUT2D eigenvalue weighted by Gasteiger charge is 2.63. The Bertz CT molecular complexity index is 1380. The first kappa shape index (κ1) is 51.5. The molecule has 0 bridgehead atoms. The van der Waals surface area contributed by atoms with Crippen LogP contribution in [0.2, 0.25) is 0 Å². The van der Waals surface area contributed by atoms with Gasteiger partial charge in [-0.3, -0.25) is 0 Å². The van der Waals surface area contributed by atoms with Crippen molar-refractivity contribution in [1.29, 1.82) is 0 Å². The molecule has 2 aliphatic carbocycles. The van der Waals surface area contributed by atoms with Gasteiger partial charge in [0.15, 0.2) is 0 Å². The molecule has 2 N–H and O–H groups in total. The molecule has 350 valence electrons. The number of hydrogen-bond acceptors (Lipinski definition) is 6. The van der Waals surface area contributed by atoms with Crippen molar-refractivity contribution in [3.63, 3.8) is 0 Å². The predicted molar refractivity (Wildman–Crippen MR) is 251 cm³/mol. The van der Waals surface area contributed by atoms with Crippen molar-refractivity contribution in [3.05, 3.63) is 59.7 Å². The van der Waals surface area contributed by atoms with Crippen LogP contribution in [0.5, 0.6) is 11.5 Å². The second-order valence-corrected chi connectivity index (χ2v) is 19.1. The third-order valence-corrected chi connectivity index (χ3v) is 14.3. The minimum atomic E-state index is -2.12. The molecule has 0 radical (unpaired) electrons. The number of hydrogen-bond donors (Lipinski definition) is 2. The lowest BCUT2D eigenvalue weighted by atomic mass is 9.75. The normalized spacial score (nSPS) is 21.2. The topological polar surface area (TPSA) is 112 Å². The van der Waals surface area contributed by atoms with E-state index in [1.54, 1.807) is 0 Å². The zero-order chi connectivity index (χ0) is 44.5. The Hall–Kier alpha value is -3.10. The zero-order valence-corrected chi connectivity index (χ0v) is 39.5. The van der Waals surface area contributed by atoms with Crippen LogP contribution in [0.4, 0.5) is 0 Å². The van der Waals surface area contributed by atoms with Gasteiger partial charge in [0.05, 0.1) is 26.4 Å². The summed E-state index contributed by atoms with van der Waals surface area (Å²) >= 11 is 0. The van der Waals surface area contributed by atoms with Gasteiger partial charge in [0.2, 0.25) is 11.2 Å². The van der Waals surface area contributed by atoms with Crippen molar-refractivity contribution in [2.45, 2.75) is 219 Å². The summed E-state index contributed by atoms with van der Waals surface area (Å²) in [6.45, 7) is 9.66. The summed E-state index contributed by atoms with van der Waals surface area (Å²) in [6, 6.07) is 15.1. The molecule has 2 fully saturated rings. The molecule has 0 aliphatic heterocycles. The summed E-state index contributed by atoms with van der Waals surface area (Å²) in [6.07, 6.45) is 28.5. The van der Waals surface area contributed by atoms with Crippen LogP contribution in [0, 0.1) is 23.7 Å². The summed E-state index contributed by atoms with van der Waals surface area (Å²) in [5.41, 5.74) is -2.76. The average molecular weight is 863 g/mol. The molecule has 62 heavy (non-hydrogen) atoms. The largest absolute Gasteiger partial charge is 0.494 e. The van der Waals surface area contributed by atoms with Gasteiger partial charge in [-0.1, -0.05) is 180 Å². The van der Waals surface area contributed by atoms with E-state index in [2.05, 4.69) is 13.8 Å². The third-order valence-electron chi connectivity index (χ3n) is 14.3. The van der Waals surface area contributed by atoms with E-state index < -0.39 is 23.1 Å². The van der Waals surface area contributed by atoms with Crippen molar-refractivity contribution >= 4 is 11.9 Å². The van der Waals surface area contributed by atoms with Crippen LogP contribution in [0.3, 0.4) is 0 Å². The summed E-state index contributed by atoms with van der Waals surface area (Å²) in [7, 11) is 0. The molecule has 0 unspecified atom stereocenters. The SMILES string of the molecule is CCCCCC1CCC(CCCOc2ccc(CO[C@@](CCCC)(C(=O)O)[C@@](CCCC)(OCc3ccc(OCCCC4CCC(CCCCC)CC4)cc3)C(=O)O)cc2)CC1. The van der Waals surface area contributed by atoms with Crippen molar-refractivity contribution in [2.24, 2.45) is 23.7 Å². The Morgan fingerprint density at radius 2 is 0.774 bits per heavy atom. The number of carbonyl (C=O) groups is 2. The van der Waals surface area contributed by atoms with Crippen LogP contribution in [-0.2, 0) is 32.3 Å². The Morgan fingerprint density at radius 1 is 0.468 bits per heavy atom. The van der Waals surface area contributed by atoms with Crippen molar-refractivity contribution in [3.8, 4) is 11.5 Å². The molecule has 0 spiro atoms. The quantitative estimate of drug-likeness (QED) is 0.0683. The fourth-order valence-electron chi connectivity index (χ4n) is 10.2. The molecule has 4 rings (SSSR count). The molecule has 0 saturated heterocycles. The molecule has 8 nitrogen and oxygen atoms in total. The maximum absolute atomic E-state index is 13.5. The van der Waals surface area contributed by atoms with E-state index in [4.69, 9.17) is 18.9 Å². The Labute approximate surface area is 376 Å². The van der Waals surface area contributed by atoms with E-state index in [-0.39, 0.29) is 26.1 Å². The van der Waals surface area contributed by atoms with Crippen LogP contribution in [-0.4, -0.2) is 46.6 Å². The van der Waals surface area contributed by atoms with Crippen LogP contribution < -0.4 is 9.47 Å². The molecule has 2 aromatic carbocycles. The Kier molecular flexibility index (Phi) is 23.8. The fraction of sp³-hybridized carbons (Fsp3) is 0.741. The summed E-state index contributed by atoms with van der Waals surface area (Å²) in [5, 5.41) is 22.0. The molecular formula is C54H86O8. The number of aliphatic carboxylic acids is 2. The fourth-order valence-corrected chi connectivity index (χ4v) is 10.2. The first-order valence-corrected chi connectivity index (χ1v) is 25.4. The van der Waals surface area contributed by atoms with Gasteiger partial charge in [0.25, 0.3) is 0 Å². The van der Waals surface area contributed by atoms with Crippen LogP contribution >= 0.6 is 0 Å². The standard InChI is InChI=1S/C54H86O8/c1-5-9-13-17-43-21-25-45(26-22-43)19-15-39-59-49-33-29-47(30-34-49)41-61-53(51(55)56,37-11-7-3)54(52(57)58,38-12-8-4)62-42-48-31-35-50(36-32-48)60-40-16-20-46-27-23-44(24-28-46)18-14-10-6-2/h29-36,43-46H,5-28,37-42H2,1-4H3,(H,55,56)(H,57,58)/t43?,44?,45?,46?,53-,54-/m0/s1. The molecule has 2 atom stereocenters. The van der Waals surface area contributed by atoms with Crippen molar-refractivity contribution < 1.29 is 38.7 Å². The number of benzene rings is 2. The molecule has 8 heteroatoms. The van der Waals surface area contributed by atoms with Crippen LogP contribution in [0.15, 0.2) is 48.5 Å². The monoisotopic (exact) mass is 863 g/mol. The lowest BCUT2D eigenvalue weighted by molar-refractivity contribution is -0.241. The first-order chi connectivity index (χ1) is 30.2. The summed E-state index contributed by atoms with van der Waals surface area (Å²) < 4.78 is 25.0. The zero-order valence-electron chi connectivity index (χ0n) is 39.5. The minimum Gasteiger partial charge on any atom is -0.494 e. The number of unbranched alkanes of at least 4 members (excludes halogenated alkanes) is 6. The number of ether oxygens (including phenoxy) is 4. The lowest BCUT2D eigenvalue weighted by Crippen LogP contribution is -2.66. The lowest BCUT2D eigenvalue weighted by Gasteiger charge is -2.44. The van der Waals surface area contributed by atoms with Gasteiger partial charge >= 0.3 is 11.9 Å². The highest BCUT2D eigenvalue weighted by atomic mass is 16.6. The van der Waals surface area contributed by atoms with Gasteiger partial charge in [-0.05, 0) is 97.6 Å². The molecule has 2 aromatic rings. The second kappa shape index (κ2) is 28.6. The minimum absolute atomic E-state index is 0.00370. The van der Waals surface area contributed by atoms with Gasteiger partial charge in [-0.15, -0.1) is 0 Å². The van der Waals surface area contributed by atoms with Gasteiger partial charge in [-0.2, -0.15) is 0 Å². The van der Waals surface area contributed by atoms with E-state index in [0.717, 1.165) is 59.1 Å². The van der Waals surface area contributed by atoms with E-state index in [1.165, 1.54) is 116 Å². The molecule has 2 saturated carbocycles. The highest BCUT2D eigenvalue weighted by molar-refractivity contribution is 5.91.